The van der Waals surface area contributed by atoms with Crippen molar-refractivity contribution in [1.82, 2.24) is 9.88 Å². The highest BCUT2D eigenvalue weighted by Gasteiger charge is 2.20. The summed E-state index contributed by atoms with van der Waals surface area (Å²) in [5.74, 6) is 0.909. The molecule has 2 aromatic rings. The monoisotopic (exact) mass is 297 g/mol. The summed E-state index contributed by atoms with van der Waals surface area (Å²) in [5.41, 5.74) is 3.62. The van der Waals surface area contributed by atoms with Gasteiger partial charge in [-0.2, -0.15) is 0 Å². The second-order valence-electron chi connectivity index (χ2n) is 5.96. The molecular weight excluding hydrogens is 274 g/mol. The van der Waals surface area contributed by atoms with E-state index < -0.39 is 0 Å². The molecule has 4 nitrogen and oxygen atoms in total. The molecule has 1 fully saturated rings. The number of aromatic nitrogens is 1. The summed E-state index contributed by atoms with van der Waals surface area (Å²) in [5, 5.41) is 13.1. The van der Waals surface area contributed by atoms with Crippen molar-refractivity contribution in [3.63, 3.8) is 0 Å². The fourth-order valence-corrected chi connectivity index (χ4v) is 2.91. The highest BCUT2D eigenvalue weighted by Crippen LogP contribution is 2.17. The van der Waals surface area contributed by atoms with Crippen LogP contribution in [0, 0.1) is 6.92 Å². The number of aliphatic hydroxyl groups is 1. The molecule has 1 aliphatic rings. The molecule has 116 valence electrons. The summed E-state index contributed by atoms with van der Waals surface area (Å²) >= 11 is 0. The van der Waals surface area contributed by atoms with E-state index in [0.717, 1.165) is 44.1 Å². The quantitative estimate of drug-likeness (QED) is 0.890. The first-order chi connectivity index (χ1) is 10.7. The smallest absolute Gasteiger partial charge is 0.126 e. The largest absolute Gasteiger partial charge is 0.392 e. The Morgan fingerprint density at radius 3 is 2.73 bits per heavy atom. The molecule has 0 spiro atoms. The summed E-state index contributed by atoms with van der Waals surface area (Å²) in [6.07, 6.45) is 0.718. The number of rotatable bonds is 5. The third kappa shape index (κ3) is 3.84. The van der Waals surface area contributed by atoms with Gasteiger partial charge in [0.15, 0.2) is 0 Å². The van der Waals surface area contributed by atoms with Crippen molar-refractivity contribution in [2.75, 3.05) is 18.4 Å². The lowest BCUT2D eigenvalue weighted by molar-refractivity contribution is 0.174. The molecular formula is C18H23N3O. The molecule has 0 radical (unpaired) electrons. The van der Waals surface area contributed by atoms with E-state index in [-0.39, 0.29) is 6.10 Å². The molecule has 1 aromatic carbocycles. The van der Waals surface area contributed by atoms with E-state index in [1.165, 1.54) is 11.1 Å². The topological polar surface area (TPSA) is 48.4 Å². The number of likely N-dealkylation sites (tertiary alicyclic amines) is 1. The molecule has 0 unspecified atom stereocenters. The van der Waals surface area contributed by atoms with E-state index >= 15 is 0 Å². The first-order valence-electron chi connectivity index (χ1n) is 7.85. The predicted octanol–water partition coefficient (Wildman–Crippen LogP) is 2.57. The number of β-amino-alcohol motifs (C(OH)–C–C–N with tert-alkyl or cyclic N) is 1. The average Bonchev–Trinajstić information content (AvgIpc) is 2.92. The van der Waals surface area contributed by atoms with Gasteiger partial charge >= 0.3 is 0 Å². The van der Waals surface area contributed by atoms with Gasteiger partial charge in [-0.25, -0.2) is 4.98 Å². The van der Waals surface area contributed by atoms with Gasteiger partial charge in [0, 0.05) is 31.9 Å². The summed E-state index contributed by atoms with van der Waals surface area (Å²) in [4.78, 5) is 6.79. The molecule has 0 aliphatic carbocycles. The van der Waals surface area contributed by atoms with Crippen LogP contribution in [0.15, 0.2) is 42.5 Å². The molecule has 1 aromatic heterocycles. The third-order valence-electron chi connectivity index (χ3n) is 4.11. The molecule has 4 heteroatoms. The fourth-order valence-electron chi connectivity index (χ4n) is 2.91. The van der Waals surface area contributed by atoms with Crippen LogP contribution >= 0.6 is 0 Å². The van der Waals surface area contributed by atoms with Crippen LogP contribution in [-0.2, 0) is 13.1 Å². The van der Waals surface area contributed by atoms with Crippen LogP contribution in [0.5, 0.6) is 0 Å². The number of pyridine rings is 1. The van der Waals surface area contributed by atoms with Crippen molar-refractivity contribution < 1.29 is 5.11 Å². The van der Waals surface area contributed by atoms with Crippen molar-refractivity contribution in [2.24, 2.45) is 0 Å². The van der Waals surface area contributed by atoms with Crippen LogP contribution < -0.4 is 5.32 Å². The van der Waals surface area contributed by atoms with Crippen LogP contribution in [0.2, 0.25) is 0 Å². The first-order valence-corrected chi connectivity index (χ1v) is 7.85. The van der Waals surface area contributed by atoms with Gasteiger partial charge in [-0.05, 0) is 36.6 Å². The number of aliphatic hydroxyl groups excluding tert-OH is 1. The van der Waals surface area contributed by atoms with Crippen LogP contribution in [0.25, 0.3) is 0 Å². The van der Waals surface area contributed by atoms with Crippen molar-refractivity contribution >= 4 is 5.82 Å². The zero-order valence-corrected chi connectivity index (χ0v) is 13.0. The van der Waals surface area contributed by atoms with Gasteiger partial charge in [0.05, 0.1) is 6.10 Å². The molecule has 1 atom stereocenters. The van der Waals surface area contributed by atoms with Crippen molar-refractivity contribution in [3.8, 4) is 0 Å². The summed E-state index contributed by atoms with van der Waals surface area (Å²) in [7, 11) is 0. The molecule has 1 aliphatic heterocycles. The Hall–Kier alpha value is -1.91. The van der Waals surface area contributed by atoms with Gasteiger partial charge in [-0.3, -0.25) is 4.90 Å². The third-order valence-corrected chi connectivity index (χ3v) is 4.11. The lowest BCUT2D eigenvalue weighted by atomic mass is 10.1. The number of anilines is 1. The summed E-state index contributed by atoms with van der Waals surface area (Å²) < 4.78 is 0. The van der Waals surface area contributed by atoms with Gasteiger partial charge in [0.2, 0.25) is 0 Å². The predicted molar refractivity (Wildman–Crippen MR) is 88.6 cm³/mol. The van der Waals surface area contributed by atoms with Crippen molar-refractivity contribution in [1.29, 1.82) is 0 Å². The minimum absolute atomic E-state index is 0.165. The lowest BCUT2D eigenvalue weighted by Crippen LogP contribution is -2.22. The summed E-state index contributed by atoms with van der Waals surface area (Å²) in [6, 6.07) is 14.5. The first kappa shape index (κ1) is 15.0. The van der Waals surface area contributed by atoms with Gasteiger partial charge in [0.1, 0.15) is 5.82 Å². The van der Waals surface area contributed by atoms with Crippen LogP contribution in [0.4, 0.5) is 5.82 Å². The van der Waals surface area contributed by atoms with Gasteiger partial charge < -0.3 is 10.4 Å². The van der Waals surface area contributed by atoms with Crippen molar-refractivity contribution in [2.45, 2.75) is 32.5 Å². The maximum atomic E-state index is 9.66. The Kier molecular flexibility index (Phi) is 4.71. The molecule has 2 N–H and O–H groups in total. The maximum Gasteiger partial charge on any atom is 0.126 e. The molecule has 0 saturated carbocycles. The Morgan fingerprint density at radius 2 is 2.00 bits per heavy atom. The van der Waals surface area contributed by atoms with Crippen LogP contribution in [0.1, 0.15) is 23.2 Å². The SMILES string of the molecule is Cc1cccc(NCc2ccccc2CN2CC[C@@H](O)C2)n1. The van der Waals surface area contributed by atoms with Gasteiger partial charge in [-0.15, -0.1) is 0 Å². The fraction of sp³-hybridized carbons (Fsp3) is 0.389. The summed E-state index contributed by atoms with van der Waals surface area (Å²) in [6.45, 7) is 5.42. The minimum atomic E-state index is -0.165. The van der Waals surface area contributed by atoms with E-state index in [9.17, 15) is 5.11 Å². The molecule has 0 amide bonds. The number of aryl methyl sites for hydroxylation is 1. The highest BCUT2D eigenvalue weighted by molar-refractivity contribution is 5.38. The molecule has 3 rings (SSSR count). The Morgan fingerprint density at radius 1 is 1.18 bits per heavy atom. The second-order valence-corrected chi connectivity index (χ2v) is 5.96. The number of hydrogen-bond donors (Lipinski definition) is 2. The van der Waals surface area contributed by atoms with E-state index in [0.29, 0.717) is 0 Å². The van der Waals surface area contributed by atoms with Crippen LogP contribution in [-0.4, -0.2) is 34.2 Å². The van der Waals surface area contributed by atoms with E-state index in [1.807, 2.05) is 25.1 Å². The van der Waals surface area contributed by atoms with Crippen LogP contribution in [0.3, 0.4) is 0 Å². The molecule has 0 bridgehead atoms. The molecule has 22 heavy (non-hydrogen) atoms. The number of nitrogens with zero attached hydrogens (tertiary/aromatic N) is 2. The highest BCUT2D eigenvalue weighted by atomic mass is 16.3. The second kappa shape index (κ2) is 6.90. The zero-order chi connectivity index (χ0) is 15.4. The number of hydrogen-bond acceptors (Lipinski definition) is 4. The Balaban J connectivity index is 1.66. The minimum Gasteiger partial charge on any atom is -0.392 e. The number of benzene rings is 1. The average molecular weight is 297 g/mol. The van der Waals surface area contributed by atoms with Crippen molar-refractivity contribution in [3.05, 3.63) is 59.3 Å². The maximum absolute atomic E-state index is 9.66. The van der Waals surface area contributed by atoms with E-state index in [1.54, 1.807) is 0 Å². The number of nitrogens with one attached hydrogen (secondary N) is 1. The van der Waals surface area contributed by atoms with E-state index in [2.05, 4.69) is 39.5 Å². The van der Waals surface area contributed by atoms with Gasteiger partial charge in [-0.1, -0.05) is 30.3 Å². The molecule has 1 saturated heterocycles. The van der Waals surface area contributed by atoms with Gasteiger partial charge in [0.25, 0.3) is 0 Å². The van der Waals surface area contributed by atoms with E-state index in [4.69, 9.17) is 0 Å². The molecule has 2 heterocycles. The standard InChI is InChI=1S/C18H23N3O/c1-14-5-4-8-18(20-14)19-11-15-6-2-3-7-16(15)12-21-10-9-17(22)13-21/h2-8,17,22H,9-13H2,1H3,(H,19,20)/t17-/m1/s1. The lowest BCUT2D eigenvalue weighted by Gasteiger charge is -2.18. The Labute approximate surface area is 131 Å². The normalized spacial score (nSPS) is 18.5. The Bertz CT molecular complexity index is 629. The zero-order valence-electron chi connectivity index (χ0n) is 13.0.